The molecule has 1 aliphatic rings. The Morgan fingerprint density at radius 1 is 1.32 bits per heavy atom. The molecule has 1 atom stereocenters. The van der Waals surface area contributed by atoms with Crippen molar-refractivity contribution in [3.05, 3.63) is 23.9 Å². The van der Waals surface area contributed by atoms with Crippen LogP contribution in [0, 0.1) is 16.7 Å². The van der Waals surface area contributed by atoms with Crippen LogP contribution in [0.15, 0.2) is 18.3 Å². The summed E-state index contributed by atoms with van der Waals surface area (Å²) in [5.41, 5.74) is 0.0384. The van der Waals surface area contributed by atoms with E-state index in [4.69, 9.17) is 4.74 Å². The average molecular weight is 260 g/mol. The van der Waals surface area contributed by atoms with Gasteiger partial charge in [0, 0.05) is 17.8 Å². The first-order chi connectivity index (χ1) is 9.22. The van der Waals surface area contributed by atoms with Gasteiger partial charge in [-0.15, -0.1) is 0 Å². The fourth-order valence-electron chi connectivity index (χ4n) is 2.80. The highest BCUT2D eigenvalue weighted by molar-refractivity contribution is 5.24. The van der Waals surface area contributed by atoms with Crippen LogP contribution in [0.25, 0.3) is 0 Å². The summed E-state index contributed by atoms with van der Waals surface area (Å²) < 4.78 is 5.01. The van der Waals surface area contributed by atoms with Gasteiger partial charge in [0.2, 0.25) is 5.88 Å². The number of aliphatic hydroxyl groups excluding tert-OH is 1. The highest BCUT2D eigenvalue weighted by atomic mass is 16.5. The standard InChI is InChI=1S/C15H20N2O2/c1-19-13-7-6-12(10-17-13)14(18)15(11-16)8-4-2-3-5-9-15/h6-7,10,14,18H,2-5,8-9H2,1H3. The molecule has 0 aromatic carbocycles. The van der Waals surface area contributed by atoms with E-state index in [2.05, 4.69) is 11.1 Å². The summed E-state index contributed by atoms with van der Waals surface area (Å²) in [6.45, 7) is 0. The molecule has 102 valence electrons. The summed E-state index contributed by atoms with van der Waals surface area (Å²) in [6.07, 6.45) is 6.67. The van der Waals surface area contributed by atoms with Gasteiger partial charge >= 0.3 is 0 Å². The molecule has 1 fully saturated rings. The van der Waals surface area contributed by atoms with Crippen LogP contribution >= 0.6 is 0 Å². The molecule has 0 spiro atoms. The fourth-order valence-corrected chi connectivity index (χ4v) is 2.80. The van der Waals surface area contributed by atoms with Gasteiger partial charge in [0.15, 0.2) is 0 Å². The predicted octanol–water partition coefficient (Wildman–Crippen LogP) is 2.99. The normalized spacial score (nSPS) is 20.1. The van der Waals surface area contributed by atoms with Crippen molar-refractivity contribution in [1.82, 2.24) is 4.98 Å². The Kier molecular flexibility index (Phi) is 4.39. The molecule has 1 saturated carbocycles. The van der Waals surface area contributed by atoms with E-state index in [1.54, 1.807) is 25.4 Å². The van der Waals surface area contributed by atoms with Gasteiger partial charge in [-0.05, 0) is 18.9 Å². The lowest BCUT2D eigenvalue weighted by atomic mass is 9.74. The lowest BCUT2D eigenvalue weighted by molar-refractivity contribution is 0.0513. The Hall–Kier alpha value is -1.60. The van der Waals surface area contributed by atoms with Crippen molar-refractivity contribution in [1.29, 1.82) is 5.26 Å². The van der Waals surface area contributed by atoms with E-state index in [1.165, 1.54) is 0 Å². The summed E-state index contributed by atoms with van der Waals surface area (Å²) in [5, 5.41) is 20.1. The topological polar surface area (TPSA) is 66.1 Å². The highest BCUT2D eigenvalue weighted by Gasteiger charge is 2.39. The number of rotatable bonds is 3. The molecule has 4 nitrogen and oxygen atoms in total. The van der Waals surface area contributed by atoms with Crippen LogP contribution in [-0.2, 0) is 0 Å². The van der Waals surface area contributed by atoms with Crippen molar-refractivity contribution < 1.29 is 9.84 Å². The van der Waals surface area contributed by atoms with E-state index in [0.29, 0.717) is 11.4 Å². The Morgan fingerprint density at radius 2 is 2.00 bits per heavy atom. The number of methoxy groups -OCH3 is 1. The number of ether oxygens (including phenoxy) is 1. The Morgan fingerprint density at radius 3 is 2.47 bits per heavy atom. The Bertz CT molecular complexity index is 442. The smallest absolute Gasteiger partial charge is 0.212 e. The number of nitriles is 1. The van der Waals surface area contributed by atoms with Crippen molar-refractivity contribution >= 4 is 0 Å². The van der Waals surface area contributed by atoms with Gasteiger partial charge in [-0.1, -0.05) is 25.7 Å². The van der Waals surface area contributed by atoms with Crippen LogP contribution in [0.2, 0.25) is 0 Å². The molecule has 0 radical (unpaired) electrons. The molecule has 0 saturated heterocycles. The van der Waals surface area contributed by atoms with E-state index < -0.39 is 11.5 Å². The van der Waals surface area contributed by atoms with E-state index >= 15 is 0 Å². The summed E-state index contributed by atoms with van der Waals surface area (Å²) in [5.74, 6) is 0.517. The molecule has 2 rings (SSSR count). The second-order valence-corrected chi connectivity index (χ2v) is 5.22. The van der Waals surface area contributed by atoms with Gasteiger partial charge in [0.1, 0.15) is 0 Å². The third kappa shape index (κ3) is 2.87. The zero-order valence-corrected chi connectivity index (χ0v) is 11.3. The lowest BCUT2D eigenvalue weighted by Gasteiger charge is -2.30. The van der Waals surface area contributed by atoms with Crippen LogP contribution in [0.1, 0.15) is 50.2 Å². The van der Waals surface area contributed by atoms with E-state index in [-0.39, 0.29) is 0 Å². The van der Waals surface area contributed by atoms with Gasteiger partial charge in [-0.3, -0.25) is 0 Å². The largest absolute Gasteiger partial charge is 0.481 e. The maximum Gasteiger partial charge on any atom is 0.212 e. The molecular weight excluding hydrogens is 240 g/mol. The monoisotopic (exact) mass is 260 g/mol. The first-order valence-electron chi connectivity index (χ1n) is 6.81. The molecule has 1 aromatic rings. The van der Waals surface area contributed by atoms with Gasteiger partial charge in [-0.25, -0.2) is 4.98 Å². The van der Waals surface area contributed by atoms with Crippen molar-refractivity contribution in [3.63, 3.8) is 0 Å². The van der Waals surface area contributed by atoms with E-state index in [9.17, 15) is 10.4 Å². The molecular formula is C15H20N2O2. The van der Waals surface area contributed by atoms with Crippen molar-refractivity contribution in [2.24, 2.45) is 5.41 Å². The van der Waals surface area contributed by atoms with Crippen molar-refractivity contribution in [3.8, 4) is 11.9 Å². The van der Waals surface area contributed by atoms with Gasteiger partial charge in [0.05, 0.1) is 24.7 Å². The molecule has 1 N–H and O–H groups in total. The van der Waals surface area contributed by atoms with Crippen molar-refractivity contribution in [2.45, 2.75) is 44.6 Å². The molecule has 0 aliphatic heterocycles. The van der Waals surface area contributed by atoms with Crippen LogP contribution < -0.4 is 4.74 Å². The first kappa shape index (κ1) is 13.8. The molecule has 0 amide bonds. The molecule has 19 heavy (non-hydrogen) atoms. The Labute approximate surface area is 114 Å². The maximum absolute atomic E-state index is 10.6. The minimum Gasteiger partial charge on any atom is -0.481 e. The molecule has 0 bridgehead atoms. The van der Waals surface area contributed by atoms with Crippen molar-refractivity contribution in [2.75, 3.05) is 7.11 Å². The number of nitrogens with zero attached hydrogens (tertiary/aromatic N) is 2. The molecule has 4 heteroatoms. The van der Waals surface area contributed by atoms with Crippen LogP contribution in [0.3, 0.4) is 0 Å². The number of pyridine rings is 1. The molecule has 1 unspecified atom stereocenters. The third-order valence-electron chi connectivity index (χ3n) is 4.03. The van der Waals surface area contributed by atoms with Crippen LogP contribution in [0.4, 0.5) is 0 Å². The summed E-state index contributed by atoms with van der Waals surface area (Å²) >= 11 is 0. The third-order valence-corrected chi connectivity index (χ3v) is 4.03. The maximum atomic E-state index is 10.6. The van der Waals surface area contributed by atoms with Crippen LogP contribution in [-0.4, -0.2) is 17.2 Å². The number of aromatic nitrogens is 1. The second-order valence-electron chi connectivity index (χ2n) is 5.22. The summed E-state index contributed by atoms with van der Waals surface area (Å²) in [7, 11) is 1.56. The summed E-state index contributed by atoms with van der Waals surface area (Å²) in [6, 6.07) is 5.89. The fraction of sp³-hybridized carbons (Fsp3) is 0.600. The SMILES string of the molecule is COc1ccc(C(O)C2(C#N)CCCCCC2)cn1. The zero-order valence-electron chi connectivity index (χ0n) is 11.3. The van der Waals surface area contributed by atoms with Gasteiger partial charge in [0.25, 0.3) is 0 Å². The highest BCUT2D eigenvalue weighted by Crippen LogP contribution is 2.44. The van der Waals surface area contributed by atoms with Gasteiger partial charge < -0.3 is 9.84 Å². The zero-order chi connectivity index (χ0) is 13.7. The molecule has 1 heterocycles. The number of hydrogen-bond acceptors (Lipinski definition) is 4. The number of aliphatic hydroxyl groups is 1. The Balaban J connectivity index is 2.23. The van der Waals surface area contributed by atoms with Gasteiger partial charge in [-0.2, -0.15) is 5.26 Å². The van der Waals surface area contributed by atoms with E-state index in [1.807, 2.05) is 0 Å². The van der Waals surface area contributed by atoms with Crippen LogP contribution in [0.5, 0.6) is 5.88 Å². The first-order valence-corrected chi connectivity index (χ1v) is 6.81. The number of hydrogen-bond donors (Lipinski definition) is 1. The quantitative estimate of drug-likeness (QED) is 0.848. The predicted molar refractivity (Wildman–Crippen MR) is 71.5 cm³/mol. The second kappa shape index (κ2) is 6.03. The minimum absolute atomic E-state index is 0.517. The van der Waals surface area contributed by atoms with E-state index in [0.717, 1.165) is 38.5 Å². The average Bonchev–Trinajstić information content (AvgIpc) is 2.73. The minimum atomic E-state index is -0.769. The molecule has 1 aliphatic carbocycles. The molecule has 1 aromatic heterocycles. The summed E-state index contributed by atoms with van der Waals surface area (Å²) in [4.78, 5) is 4.11. The lowest BCUT2D eigenvalue weighted by Crippen LogP contribution is -2.27.